The third-order valence-corrected chi connectivity index (χ3v) is 3.65. The number of carbonyl (C=O) groups is 2. The van der Waals surface area contributed by atoms with Crippen molar-refractivity contribution < 1.29 is 18.7 Å². The van der Waals surface area contributed by atoms with E-state index in [0.29, 0.717) is 25.0 Å². The number of alkyl carbamates (subject to hydrolysis) is 1. The molecular weight excluding hydrogens is 284 g/mol. The van der Waals surface area contributed by atoms with E-state index in [2.05, 4.69) is 11.4 Å². The van der Waals surface area contributed by atoms with E-state index in [1.54, 1.807) is 32.9 Å². The first-order valence-electron chi connectivity index (χ1n) is 7.26. The molecule has 0 unspecified atom stereocenters. The Kier molecular flexibility index (Phi) is 4.27. The first kappa shape index (κ1) is 16.1. The highest BCUT2D eigenvalue weighted by Gasteiger charge is 2.51. The molecule has 1 aromatic heterocycles. The van der Waals surface area contributed by atoms with Gasteiger partial charge < -0.3 is 14.5 Å². The Morgan fingerprint density at radius 3 is 2.73 bits per heavy atom. The minimum atomic E-state index is -1.30. The summed E-state index contributed by atoms with van der Waals surface area (Å²) < 4.78 is 10.6. The van der Waals surface area contributed by atoms with Crippen molar-refractivity contribution in [2.24, 2.45) is 5.41 Å². The van der Waals surface area contributed by atoms with Gasteiger partial charge >= 0.3 is 6.09 Å². The molecule has 1 amide bonds. The Labute approximate surface area is 129 Å². The van der Waals surface area contributed by atoms with Crippen molar-refractivity contribution in [3.05, 3.63) is 24.2 Å². The summed E-state index contributed by atoms with van der Waals surface area (Å²) in [7, 11) is 0. The second kappa shape index (κ2) is 5.84. The molecule has 22 heavy (non-hydrogen) atoms. The number of hydrogen-bond acceptors (Lipinski definition) is 5. The number of nitrogens with zero attached hydrogens (tertiary/aromatic N) is 1. The van der Waals surface area contributed by atoms with Gasteiger partial charge in [-0.25, -0.2) is 4.79 Å². The Hall–Kier alpha value is -2.29. The highest BCUT2D eigenvalue weighted by molar-refractivity contribution is 5.91. The zero-order valence-electron chi connectivity index (χ0n) is 13.0. The second-order valence-electron chi connectivity index (χ2n) is 6.45. The fourth-order valence-electron chi connectivity index (χ4n) is 2.70. The van der Waals surface area contributed by atoms with Crippen LogP contribution in [0.15, 0.2) is 22.8 Å². The van der Waals surface area contributed by atoms with Gasteiger partial charge in [0.1, 0.15) is 22.8 Å². The maximum Gasteiger partial charge on any atom is 0.408 e. The Morgan fingerprint density at radius 1 is 1.55 bits per heavy atom. The standard InChI is InChI=1S/C16H20N2O4/c1-15(2,3)22-14(20)18-13(11-6-5-9-21-11)16(10-17)8-4-7-12(16)19/h5-6,9,13H,4,7-8H2,1-3H3,(H,18,20)/t13-,16-/m1/s1. The lowest BCUT2D eigenvalue weighted by Crippen LogP contribution is -2.44. The van der Waals surface area contributed by atoms with E-state index in [9.17, 15) is 14.9 Å². The lowest BCUT2D eigenvalue weighted by atomic mass is 9.78. The van der Waals surface area contributed by atoms with Crippen LogP contribution in [0.3, 0.4) is 0 Å². The van der Waals surface area contributed by atoms with Gasteiger partial charge in [-0.1, -0.05) is 0 Å². The van der Waals surface area contributed by atoms with Crippen molar-refractivity contribution in [2.45, 2.75) is 51.7 Å². The number of ether oxygens (including phenoxy) is 1. The van der Waals surface area contributed by atoms with E-state index in [1.165, 1.54) is 6.26 Å². The predicted molar refractivity (Wildman–Crippen MR) is 77.7 cm³/mol. The van der Waals surface area contributed by atoms with E-state index < -0.39 is 23.2 Å². The highest BCUT2D eigenvalue weighted by Crippen LogP contribution is 2.45. The van der Waals surface area contributed by atoms with Gasteiger partial charge in [0.15, 0.2) is 5.78 Å². The van der Waals surface area contributed by atoms with Crippen molar-refractivity contribution in [1.82, 2.24) is 5.32 Å². The van der Waals surface area contributed by atoms with Crippen molar-refractivity contribution in [1.29, 1.82) is 5.26 Å². The van der Waals surface area contributed by atoms with E-state index in [-0.39, 0.29) is 5.78 Å². The largest absolute Gasteiger partial charge is 0.467 e. The number of furan rings is 1. The number of ketones is 1. The molecule has 1 saturated carbocycles. The molecule has 0 bridgehead atoms. The molecule has 118 valence electrons. The van der Waals surface area contributed by atoms with Gasteiger partial charge in [0.05, 0.1) is 12.3 Å². The summed E-state index contributed by atoms with van der Waals surface area (Å²) in [6.07, 6.45) is 2.12. The molecule has 1 N–H and O–H groups in total. The summed E-state index contributed by atoms with van der Waals surface area (Å²) >= 11 is 0. The third-order valence-electron chi connectivity index (χ3n) is 3.65. The maximum absolute atomic E-state index is 12.3. The minimum absolute atomic E-state index is 0.174. The number of nitrogens with one attached hydrogen (secondary N) is 1. The van der Waals surface area contributed by atoms with Gasteiger partial charge in [-0.05, 0) is 45.7 Å². The number of Topliss-reactive ketones (excluding diaryl/α,β-unsaturated/α-hetero) is 1. The molecule has 1 aromatic rings. The van der Waals surface area contributed by atoms with Crippen LogP contribution in [0.25, 0.3) is 0 Å². The lowest BCUT2D eigenvalue weighted by molar-refractivity contribution is -0.124. The molecule has 2 atom stereocenters. The fourth-order valence-corrected chi connectivity index (χ4v) is 2.70. The topological polar surface area (TPSA) is 92.3 Å². The van der Waals surface area contributed by atoms with Crippen LogP contribution >= 0.6 is 0 Å². The SMILES string of the molecule is CC(C)(C)OC(=O)N[C@H](c1ccco1)[C@@]1(C#N)CCCC1=O. The van der Waals surface area contributed by atoms with Crippen LogP contribution in [0.4, 0.5) is 4.79 Å². The van der Waals surface area contributed by atoms with Crippen LogP contribution in [0, 0.1) is 16.7 Å². The molecule has 0 aliphatic heterocycles. The molecule has 1 aliphatic carbocycles. The van der Waals surface area contributed by atoms with Crippen LogP contribution in [0.1, 0.15) is 51.8 Å². The number of rotatable bonds is 3. The zero-order chi connectivity index (χ0) is 16.4. The monoisotopic (exact) mass is 304 g/mol. The molecule has 0 radical (unpaired) electrons. The summed E-state index contributed by atoms with van der Waals surface area (Å²) in [4.78, 5) is 24.4. The second-order valence-corrected chi connectivity index (χ2v) is 6.45. The smallest absolute Gasteiger partial charge is 0.408 e. The van der Waals surface area contributed by atoms with E-state index >= 15 is 0 Å². The summed E-state index contributed by atoms with van der Waals surface area (Å²) in [5.41, 5.74) is -1.97. The van der Waals surface area contributed by atoms with E-state index in [0.717, 1.165) is 0 Å². The molecule has 1 fully saturated rings. The van der Waals surface area contributed by atoms with Crippen LogP contribution < -0.4 is 5.32 Å². The average Bonchev–Trinajstić information content (AvgIpc) is 3.04. The van der Waals surface area contributed by atoms with Crippen molar-refractivity contribution in [3.63, 3.8) is 0 Å². The van der Waals surface area contributed by atoms with Gasteiger partial charge in [-0.3, -0.25) is 4.79 Å². The third kappa shape index (κ3) is 3.14. The molecule has 6 nitrogen and oxygen atoms in total. The van der Waals surface area contributed by atoms with Crippen molar-refractivity contribution in [3.8, 4) is 6.07 Å². The van der Waals surface area contributed by atoms with Crippen LogP contribution in [-0.4, -0.2) is 17.5 Å². The summed E-state index contributed by atoms with van der Waals surface area (Å²) in [5.74, 6) is 0.204. The zero-order valence-corrected chi connectivity index (χ0v) is 13.0. The normalized spacial score (nSPS) is 22.9. The molecular formula is C16H20N2O4. The van der Waals surface area contributed by atoms with E-state index in [4.69, 9.17) is 9.15 Å². The Morgan fingerprint density at radius 2 is 2.27 bits per heavy atom. The molecule has 0 saturated heterocycles. The number of carbonyl (C=O) groups excluding carboxylic acids is 2. The van der Waals surface area contributed by atoms with Crippen LogP contribution in [0.2, 0.25) is 0 Å². The number of hydrogen-bond donors (Lipinski definition) is 1. The number of amides is 1. The van der Waals surface area contributed by atoms with Gasteiger partial charge in [0.25, 0.3) is 0 Å². The van der Waals surface area contributed by atoms with Crippen molar-refractivity contribution >= 4 is 11.9 Å². The molecule has 0 spiro atoms. The number of nitriles is 1. The molecule has 1 aliphatic rings. The highest BCUT2D eigenvalue weighted by atomic mass is 16.6. The van der Waals surface area contributed by atoms with Gasteiger partial charge in [-0.15, -0.1) is 0 Å². The quantitative estimate of drug-likeness (QED) is 0.926. The Balaban J connectivity index is 2.31. The first-order chi connectivity index (χ1) is 10.3. The van der Waals surface area contributed by atoms with Gasteiger partial charge in [-0.2, -0.15) is 5.26 Å². The predicted octanol–water partition coefficient (Wildman–Crippen LogP) is 3.11. The molecule has 1 heterocycles. The molecule has 2 rings (SSSR count). The van der Waals surface area contributed by atoms with Gasteiger partial charge in [0.2, 0.25) is 0 Å². The Bertz CT molecular complexity index is 595. The molecule has 0 aromatic carbocycles. The maximum atomic E-state index is 12.3. The van der Waals surface area contributed by atoms with Crippen LogP contribution in [-0.2, 0) is 9.53 Å². The molecule has 6 heteroatoms. The van der Waals surface area contributed by atoms with Crippen LogP contribution in [0.5, 0.6) is 0 Å². The van der Waals surface area contributed by atoms with Crippen molar-refractivity contribution in [2.75, 3.05) is 0 Å². The summed E-state index contributed by atoms with van der Waals surface area (Å²) in [6, 6.07) is 4.56. The summed E-state index contributed by atoms with van der Waals surface area (Å²) in [6.45, 7) is 5.24. The van der Waals surface area contributed by atoms with Gasteiger partial charge in [0, 0.05) is 6.42 Å². The fraction of sp³-hybridized carbons (Fsp3) is 0.562. The summed E-state index contributed by atoms with van der Waals surface area (Å²) in [5, 5.41) is 12.2. The minimum Gasteiger partial charge on any atom is -0.467 e. The average molecular weight is 304 g/mol. The van der Waals surface area contributed by atoms with E-state index in [1.807, 2.05) is 0 Å². The lowest BCUT2D eigenvalue weighted by Gasteiger charge is -2.30. The first-order valence-corrected chi connectivity index (χ1v) is 7.26.